The fourth-order valence-corrected chi connectivity index (χ4v) is 2.12. The second-order valence-corrected chi connectivity index (χ2v) is 4.54. The first-order chi connectivity index (χ1) is 8.58. The van der Waals surface area contributed by atoms with Gasteiger partial charge in [-0.25, -0.2) is 4.39 Å². The molecular weight excluding hydrogens is 229 g/mol. The highest BCUT2D eigenvalue weighted by molar-refractivity contribution is 5.20. The van der Waals surface area contributed by atoms with Crippen molar-refractivity contribution < 1.29 is 4.39 Å². The zero-order valence-corrected chi connectivity index (χ0v) is 10.9. The van der Waals surface area contributed by atoms with Gasteiger partial charge in [-0.1, -0.05) is 12.1 Å². The lowest BCUT2D eigenvalue weighted by Gasteiger charge is -2.20. The van der Waals surface area contributed by atoms with Crippen LogP contribution in [0.2, 0.25) is 0 Å². The van der Waals surface area contributed by atoms with Crippen LogP contribution in [0.5, 0.6) is 0 Å². The highest BCUT2D eigenvalue weighted by atomic mass is 19.1. The maximum Gasteiger partial charge on any atom is 0.123 e. The summed E-state index contributed by atoms with van der Waals surface area (Å²) in [6.45, 7) is 4.16. The zero-order valence-electron chi connectivity index (χ0n) is 10.9. The van der Waals surface area contributed by atoms with E-state index >= 15 is 0 Å². The van der Waals surface area contributed by atoms with Crippen molar-refractivity contribution in [1.82, 2.24) is 15.1 Å². The topological polar surface area (TPSA) is 29.9 Å². The van der Waals surface area contributed by atoms with Crippen LogP contribution in [-0.2, 0) is 7.05 Å². The normalized spacial score (nSPS) is 14.4. The number of nitrogens with zero attached hydrogens (tertiary/aromatic N) is 2. The largest absolute Gasteiger partial charge is 0.302 e. The van der Waals surface area contributed by atoms with Gasteiger partial charge in [-0.3, -0.25) is 4.68 Å². The molecule has 0 aliphatic carbocycles. The third-order valence-corrected chi connectivity index (χ3v) is 3.17. The minimum absolute atomic E-state index is 0.162. The Kier molecular flexibility index (Phi) is 3.77. The molecule has 2 aromatic rings. The van der Waals surface area contributed by atoms with Gasteiger partial charge in [0.1, 0.15) is 5.82 Å². The summed E-state index contributed by atoms with van der Waals surface area (Å²) >= 11 is 0. The molecule has 1 heterocycles. The molecule has 0 radical (unpaired) electrons. The van der Waals surface area contributed by atoms with E-state index in [1.807, 2.05) is 29.9 Å². The number of nitrogens with one attached hydrogen (secondary N) is 1. The zero-order chi connectivity index (χ0) is 13.1. The quantitative estimate of drug-likeness (QED) is 0.900. The summed E-state index contributed by atoms with van der Waals surface area (Å²) in [7, 11) is 1.93. The predicted molar refractivity (Wildman–Crippen MR) is 69.6 cm³/mol. The van der Waals surface area contributed by atoms with Crippen LogP contribution in [0.15, 0.2) is 36.5 Å². The number of aryl methyl sites for hydroxylation is 1. The maximum atomic E-state index is 12.9. The van der Waals surface area contributed by atoms with Crippen LogP contribution in [0.4, 0.5) is 4.39 Å². The molecule has 1 aromatic carbocycles. The first-order valence-corrected chi connectivity index (χ1v) is 6.07. The van der Waals surface area contributed by atoms with Crippen LogP contribution in [0.3, 0.4) is 0 Å². The SMILES string of the molecule is CC(N[C@@H](C)c1ccc(F)cc1)c1ccnn1C. The molecular formula is C14H18FN3. The first kappa shape index (κ1) is 12.8. The van der Waals surface area contributed by atoms with Crippen molar-refractivity contribution in [2.75, 3.05) is 0 Å². The fourth-order valence-electron chi connectivity index (χ4n) is 2.12. The van der Waals surface area contributed by atoms with Crippen LogP contribution in [0.25, 0.3) is 0 Å². The Morgan fingerprint density at radius 1 is 1.11 bits per heavy atom. The van der Waals surface area contributed by atoms with E-state index in [-0.39, 0.29) is 17.9 Å². The van der Waals surface area contributed by atoms with Crippen molar-refractivity contribution in [3.63, 3.8) is 0 Å². The average Bonchev–Trinajstić information content (AvgIpc) is 2.76. The second-order valence-electron chi connectivity index (χ2n) is 4.54. The number of hydrogen-bond acceptors (Lipinski definition) is 2. The van der Waals surface area contributed by atoms with Crippen molar-refractivity contribution in [2.45, 2.75) is 25.9 Å². The Hall–Kier alpha value is -1.68. The van der Waals surface area contributed by atoms with Gasteiger partial charge in [0.25, 0.3) is 0 Å². The van der Waals surface area contributed by atoms with Crippen LogP contribution in [-0.4, -0.2) is 9.78 Å². The van der Waals surface area contributed by atoms with E-state index in [4.69, 9.17) is 0 Å². The number of aromatic nitrogens is 2. The Balaban J connectivity index is 2.05. The van der Waals surface area contributed by atoms with Gasteiger partial charge in [-0.2, -0.15) is 5.10 Å². The van der Waals surface area contributed by atoms with Gasteiger partial charge >= 0.3 is 0 Å². The minimum Gasteiger partial charge on any atom is -0.302 e. The minimum atomic E-state index is -0.203. The Labute approximate surface area is 107 Å². The molecule has 1 aromatic heterocycles. The molecule has 2 rings (SSSR count). The van der Waals surface area contributed by atoms with Crippen LogP contribution >= 0.6 is 0 Å². The molecule has 0 spiro atoms. The third kappa shape index (κ3) is 2.76. The molecule has 0 bridgehead atoms. The molecule has 3 nitrogen and oxygen atoms in total. The number of hydrogen-bond donors (Lipinski definition) is 1. The second kappa shape index (κ2) is 5.31. The van der Waals surface area contributed by atoms with E-state index in [9.17, 15) is 4.39 Å². The molecule has 0 saturated heterocycles. The average molecular weight is 247 g/mol. The van der Waals surface area contributed by atoms with Gasteiger partial charge in [0, 0.05) is 25.3 Å². The molecule has 0 aliphatic heterocycles. The van der Waals surface area contributed by atoms with Gasteiger partial charge in [0.2, 0.25) is 0 Å². The van der Waals surface area contributed by atoms with Crippen molar-refractivity contribution in [2.24, 2.45) is 7.05 Å². The highest BCUT2D eigenvalue weighted by Gasteiger charge is 2.13. The van der Waals surface area contributed by atoms with E-state index in [0.717, 1.165) is 11.3 Å². The molecule has 2 atom stereocenters. The standard InChI is InChI=1S/C14H18FN3/c1-10(12-4-6-13(15)7-5-12)17-11(2)14-8-9-16-18(14)3/h4-11,17H,1-3H3/t10-,11?/m0/s1. The summed E-state index contributed by atoms with van der Waals surface area (Å²) in [5, 5.41) is 7.63. The Morgan fingerprint density at radius 2 is 1.78 bits per heavy atom. The van der Waals surface area contributed by atoms with Gasteiger partial charge in [-0.05, 0) is 37.6 Å². The van der Waals surface area contributed by atoms with Gasteiger partial charge < -0.3 is 5.32 Å². The summed E-state index contributed by atoms with van der Waals surface area (Å²) in [5.74, 6) is -0.203. The van der Waals surface area contributed by atoms with Crippen molar-refractivity contribution >= 4 is 0 Å². The fraction of sp³-hybridized carbons (Fsp3) is 0.357. The number of halogens is 1. The molecule has 0 fully saturated rings. The molecule has 0 saturated carbocycles. The molecule has 0 amide bonds. The van der Waals surface area contributed by atoms with Gasteiger partial charge in [-0.15, -0.1) is 0 Å². The van der Waals surface area contributed by atoms with Crippen LogP contribution < -0.4 is 5.32 Å². The molecule has 96 valence electrons. The molecule has 1 unspecified atom stereocenters. The summed E-state index contributed by atoms with van der Waals surface area (Å²) in [5.41, 5.74) is 2.20. The molecule has 0 aliphatic rings. The predicted octanol–water partition coefficient (Wildman–Crippen LogP) is 2.97. The molecule has 4 heteroatoms. The summed E-state index contributed by atoms with van der Waals surface area (Å²) in [4.78, 5) is 0. The van der Waals surface area contributed by atoms with E-state index in [0.29, 0.717) is 0 Å². The van der Waals surface area contributed by atoms with Gasteiger partial charge in [0.05, 0.1) is 5.69 Å². The third-order valence-electron chi connectivity index (χ3n) is 3.17. The van der Waals surface area contributed by atoms with Crippen LogP contribution in [0, 0.1) is 5.82 Å². The van der Waals surface area contributed by atoms with E-state index in [1.54, 1.807) is 6.20 Å². The molecule has 18 heavy (non-hydrogen) atoms. The van der Waals surface area contributed by atoms with Crippen LogP contribution in [0.1, 0.15) is 37.2 Å². The maximum absolute atomic E-state index is 12.9. The van der Waals surface area contributed by atoms with Crippen molar-refractivity contribution in [1.29, 1.82) is 0 Å². The molecule has 1 N–H and O–H groups in total. The Morgan fingerprint density at radius 3 is 2.33 bits per heavy atom. The lowest BCUT2D eigenvalue weighted by atomic mass is 10.1. The smallest absolute Gasteiger partial charge is 0.123 e. The van der Waals surface area contributed by atoms with Crippen molar-refractivity contribution in [3.8, 4) is 0 Å². The lowest BCUT2D eigenvalue weighted by Crippen LogP contribution is -2.24. The van der Waals surface area contributed by atoms with E-state index in [2.05, 4.69) is 24.3 Å². The Bertz CT molecular complexity index is 504. The summed E-state index contributed by atoms with van der Waals surface area (Å²) < 4.78 is 14.7. The highest BCUT2D eigenvalue weighted by Crippen LogP contribution is 2.18. The van der Waals surface area contributed by atoms with Crippen molar-refractivity contribution in [3.05, 3.63) is 53.6 Å². The lowest BCUT2D eigenvalue weighted by molar-refractivity contribution is 0.469. The number of rotatable bonds is 4. The van der Waals surface area contributed by atoms with E-state index < -0.39 is 0 Å². The summed E-state index contributed by atoms with van der Waals surface area (Å²) in [6.07, 6.45) is 1.79. The van der Waals surface area contributed by atoms with E-state index in [1.165, 1.54) is 12.1 Å². The number of benzene rings is 1. The monoisotopic (exact) mass is 247 g/mol. The first-order valence-electron chi connectivity index (χ1n) is 6.07. The van der Waals surface area contributed by atoms with Gasteiger partial charge in [0.15, 0.2) is 0 Å². The summed E-state index contributed by atoms with van der Waals surface area (Å²) in [6, 6.07) is 8.94.